The Morgan fingerprint density at radius 3 is 2.46 bits per heavy atom. The van der Waals surface area contributed by atoms with E-state index in [-0.39, 0.29) is 50.1 Å². The van der Waals surface area contributed by atoms with Crippen molar-refractivity contribution in [2.75, 3.05) is 30.9 Å². The van der Waals surface area contributed by atoms with E-state index in [1.54, 1.807) is 12.1 Å². The van der Waals surface area contributed by atoms with Crippen molar-refractivity contribution in [2.45, 2.75) is 26.4 Å². The van der Waals surface area contributed by atoms with Crippen molar-refractivity contribution >= 4 is 23.3 Å². The molecule has 3 rings (SSSR count). The van der Waals surface area contributed by atoms with Crippen LogP contribution in [0.1, 0.15) is 27.9 Å². The van der Waals surface area contributed by atoms with Crippen molar-refractivity contribution in [1.29, 1.82) is 0 Å². The van der Waals surface area contributed by atoms with Crippen molar-refractivity contribution in [2.24, 2.45) is 0 Å². The summed E-state index contributed by atoms with van der Waals surface area (Å²) in [6.45, 7) is 2.23. The van der Waals surface area contributed by atoms with Gasteiger partial charge in [0.2, 0.25) is 5.91 Å². The van der Waals surface area contributed by atoms with Gasteiger partial charge in [-0.3, -0.25) is 23.9 Å². The van der Waals surface area contributed by atoms with Crippen molar-refractivity contribution in [3.63, 3.8) is 0 Å². The molecular weight excluding hydrogens is 450 g/mol. The second-order valence-corrected chi connectivity index (χ2v) is 7.92. The van der Waals surface area contributed by atoms with Crippen molar-refractivity contribution in [3.05, 3.63) is 92.1 Å². The fourth-order valence-corrected chi connectivity index (χ4v) is 3.64. The molecule has 0 radical (unpaired) electrons. The molecule has 0 aliphatic rings. The number of anilines is 2. The van der Waals surface area contributed by atoms with Gasteiger partial charge in [0.15, 0.2) is 5.69 Å². The largest absolute Gasteiger partial charge is 0.383 e. The van der Waals surface area contributed by atoms with E-state index >= 15 is 0 Å². The van der Waals surface area contributed by atoms with E-state index in [1.807, 2.05) is 49.4 Å². The molecule has 184 valence electrons. The normalized spacial score (nSPS) is 10.7. The predicted molar refractivity (Wildman–Crippen MR) is 133 cm³/mol. The maximum absolute atomic E-state index is 13.3. The van der Waals surface area contributed by atoms with Crippen LogP contribution < -0.4 is 27.2 Å². The molecule has 3 aromatic rings. The van der Waals surface area contributed by atoms with E-state index in [1.165, 1.54) is 12.0 Å². The number of nitrogens with two attached hydrogens (primary N) is 1. The summed E-state index contributed by atoms with van der Waals surface area (Å²) in [7, 11) is 1.48. The second kappa shape index (κ2) is 11.8. The standard InChI is InChI=1S/C25H29N5O5/c1-17-8-6-7-11-19(17)23(32)27-13-12-20(31)30(16-18-9-4-3-5-10-18)21-22(26)29(14-15-35-2)25(34)28-24(21)33/h3-11H,12-16,26H2,1-2H3,(H,27,32)(H,28,33,34). The number of aromatic nitrogens is 2. The zero-order valence-corrected chi connectivity index (χ0v) is 19.7. The van der Waals surface area contributed by atoms with Gasteiger partial charge in [0.25, 0.3) is 11.5 Å². The summed E-state index contributed by atoms with van der Waals surface area (Å²) in [6.07, 6.45) is -0.0828. The molecule has 0 spiro atoms. The number of nitrogen functional groups attached to an aromatic ring is 1. The zero-order valence-electron chi connectivity index (χ0n) is 19.7. The maximum Gasteiger partial charge on any atom is 0.330 e. The van der Waals surface area contributed by atoms with Crippen LogP contribution >= 0.6 is 0 Å². The van der Waals surface area contributed by atoms with Gasteiger partial charge in [-0.15, -0.1) is 0 Å². The molecule has 0 aliphatic heterocycles. The van der Waals surface area contributed by atoms with Crippen LogP contribution in [0.15, 0.2) is 64.2 Å². The van der Waals surface area contributed by atoms with E-state index in [4.69, 9.17) is 10.5 Å². The number of benzene rings is 2. The van der Waals surface area contributed by atoms with E-state index in [2.05, 4.69) is 10.3 Å². The molecule has 35 heavy (non-hydrogen) atoms. The number of amides is 2. The molecule has 10 heteroatoms. The SMILES string of the molecule is COCCn1c(N)c(N(Cc2ccccc2)C(=O)CCNC(=O)c2ccccc2C)c(=O)[nH]c1=O. The average molecular weight is 480 g/mol. The summed E-state index contributed by atoms with van der Waals surface area (Å²) < 4.78 is 6.18. The Bertz CT molecular complexity index is 1300. The van der Waals surface area contributed by atoms with Gasteiger partial charge in [-0.25, -0.2) is 4.79 Å². The maximum atomic E-state index is 13.3. The molecule has 0 saturated carbocycles. The Balaban J connectivity index is 1.87. The van der Waals surface area contributed by atoms with Crippen LogP contribution in [0, 0.1) is 6.92 Å². The summed E-state index contributed by atoms with van der Waals surface area (Å²) in [5.74, 6) is -0.868. The Kier molecular flexibility index (Phi) is 8.58. The molecular formula is C25H29N5O5. The molecule has 0 unspecified atom stereocenters. The summed E-state index contributed by atoms with van der Waals surface area (Å²) in [6, 6.07) is 16.2. The third kappa shape index (κ3) is 6.24. The quantitative estimate of drug-likeness (QED) is 0.402. The first-order chi connectivity index (χ1) is 16.8. The van der Waals surface area contributed by atoms with Gasteiger partial charge in [-0.1, -0.05) is 48.5 Å². The van der Waals surface area contributed by atoms with Gasteiger partial charge in [-0.2, -0.15) is 0 Å². The third-order valence-electron chi connectivity index (χ3n) is 5.50. The number of nitrogens with zero attached hydrogens (tertiary/aromatic N) is 2. The van der Waals surface area contributed by atoms with E-state index < -0.39 is 17.2 Å². The summed E-state index contributed by atoms with van der Waals surface area (Å²) in [4.78, 5) is 54.4. The minimum atomic E-state index is -0.769. The molecule has 1 heterocycles. The predicted octanol–water partition coefficient (Wildman–Crippen LogP) is 1.43. The molecule has 10 nitrogen and oxygen atoms in total. The molecule has 1 aromatic heterocycles. The molecule has 0 saturated heterocycles. The summed E-state index contributed by atoms with van der Waals surface area (Å²) >= 11 is 0. The highest BCUT2D eigenvalue weighted by atomic mass is 16.5. The first-order valence-corrected chi connectivity index (χ1v) is 11.1. The number of nitrogens with one attached hydrogen (secondary N) is 2. The van der Waals surface area contributed by atoms with Crippen LogP contribution in [-0.2, 0) is 22.6 Å². The van der Waals surface area contributed by atoms with Gasteiger partial charge in [0, 0.05) is 25.6 Å². The first kappa shape index (κ1) is 25.4. The van der Waals surface area contributed by atoms with Crippen molar-refractivity contribution in [3.8, 4) is 0 Å². The molecule has 0 bridgehead atoms. The van der Waals surface area contributed by atoms with Gasteiger partial charge >= 0.3 is 5.69 Å². The zero-order chi connectivity index (χ0) is 25.4. The number of carbonyl (C=O) groups excluding carboxylic acids is 2. The molecule has 0 atom stereocenters. The third-order valence-corrected chi connectivity index (χ3v) is 5.50. The molecule has 0 fully saturated rings. The number of aryl methyl sites for hydroxylation is 1. The number of hydrogen-bond acceptors (Lipinski definition) is 6. The van der Waals surface area contributed by atoms with Crippen LogP contribution in [0.2, 0.25) is 0 Å². The van der Waals surface area contributed by atoms with Crippen molar-refractivity contribution < 1.29 is 14.3 Å². The highest BCUT2D eigenvalue weighted by molar-refractivity contribution is 5.97. The molecule has 4 N–H and O–H groups in total. The fourth-order valence-electron chi connectivity index (χ4n) is 3.64. The number of methoxy groups -OCH3 is 1. The fraction of sp³-hybridized carbons (Fsp3) is 0.280. The van der Waals surface area contributed by atoms with E-state index in [0.29, 0.717) is 5.56 Å². The Labute approximate surface area is 202 Å². The van der Waals surface area contributed by atoms with Gasteiger partial charge in [0.05, 0.1) is 19.7 Å². The average Bonchev–Trinajstić information content (AvgIpc) is 2.84. The Morgan fingerprint density at radius 1 is 1.09 bits per heavy atom. The number of H-pyrrole nitrogens is 1. The van der Waals surface area contributed by atoms with E-state index in [9.17, 15) is 19.2 Å². The number of aromatic amines is 1. The topological polar surface area (TPSA) is 140 Å². The number of carbonyl (C=O) groups is 2. The van der Waals surface area contributed by atoms with Crippen LogP contribution in [0.4, 0.5) is 11.5 Å². The number of ether oxygens (including phenoxy) is 1. The highest BCUT2D eigenvalue weighted by Gasteiger charge is 2.24. The monoisotopic (exact) mass is 479 g/mol. The van der Waals surface area contributed by atoms with Crippen LogP contribution in [-0.4, -0.2) is 41.6 Å². The number of rotatable bonds is 10. The van der Waals surface area contributed by atoms with E-state index in [0.717, 1.165) is 15.7 Å². The van der Waals surface area contributed by atoms with Gasteiger partial charge in [-0.05, 0) is 24.1 Å². The summed E-state index contributed by atoms with van der Waals surface area (Å²) in [5.41, 5.74) is 6.73. The van der Waals surface area contributed by atoms with Gasteiger partial charge < -0.3 is 20.7 Å². The van der Waals surface area contributed by atoms with Gasteiger partial charge in [0.1, 0.15) is 5.82 Å². The number of hydrogen-bond donors (Lipinski definition) is 3. The lowest BCUT2D eigenvalue weighted by Crippen LogP contribution is -2.42. The van der Waals surface area contributed by atoms with Crippen LogP contribution in [0.3, 0.4) is 0 Å². The molecule has 0 aliphatic carbocycles. The highest BCUT2D eigenvalue weighted by Crippen LogP contribution is 2.20. The minimum absolute atomic E-state index is 0.0540. The molecule has 2 aromatic carbocycles. The minimum Gasteiger partial charge on any atom is -0.383 e. The Morgan fingerprint density at radius 2 is 1.77 bits per heavy atom. The lowest BCUT2D eigenvalue weighted by Gasteiger charge is -2.25. The van der Waals surface area contributed by atoms with Crippen LogP contribution in [0.25, 0.3) is 0 Å². The molecule has 2 amide bonds. The summed E-state index contributed by atoms with van der Waals surface area (Å²) in [5, 5.41) is 2.74. The second-order valence-electron chi connectivity index (χ2n) is 7.92. The lowest BCUT2D eigenvalue weighted by atomic mass is 10.1. The lowest BCUT2D eigenvalue weighted by molar-refractivity contribution is -0.118. The Hall–Kier alpha value is -4.18. The smallest absolute Gasteiger partial charge is 0.330 e. The van der Waals surface area contributed by atoms with Crippen molar-refractivity contribution in [1.82, 2.24) is 14.9 Å². The van der Waals surface area contributed by atoms with Crippen LogP contribution in [0.5, 0.6) is 0 Å². The first-order valence-electron chi connectivity index (χ1n) is 11.1.